The van der Waals surface area contributed by atoms with E-state index in [1.54, 1.807) is 29.1 Å². The molecule has 4 aromatic rings. The highest BCUT2D eigenvalue weighted by Crippen LogP contribution is 2.40. The smallest absolute Gasteiger partial charge is 0.147 e. The topological polar surface area (TPSA) is 112 Å². The first-order valence-electron chi connectivity index (χ1n) is 9.94. The number of fused-ring (bicyclic) bond motifs is 2. The highest BCUT2D eigenvalue weighted by atomic mass is 79.9. The summed E-state index contributed by atoms with van der Waals surface area (Å²) in [6.45, 7) is 0.185. The van der Waals surface area contributed by atoms with E-state index in [0.29, 0.717) is 34.8 Å². The summed E-state index contributed by atoms with van der Waals surface area (Å²) < 4.78 is 23.4. The number of nitrogens with zero attached hydrogens (tertiary/aromatic N) is 3. The maximum absolute atomic E-state index is 15.0. The average molecular weight is 486 g/mol. The van der Waals surface area contributed by atoms with E-state index in [2.05, 4.69) is 25.9 Å². The third-order valence-electron chi connectivity index (χ3n) is 5.96. The molecule has 1 aliphatic carbocycles. The van der Waals surface area contributed by atoms with Crippen molar-refractivity contribution in [2.45, 2.75) is 24.7 Å². The zero-order valence-corrected chi connectivity index (χ0v) is 18.0. The Labute approximate surface area is 186 Å². The van der Waals surface area contributed by atoms with Gasteiger partial charge in [-0.1, -0.05) is 0 Å². The van der Waals surface area contributed by atoms with Gasteiger partial charge in [-0.25, -0.2) is 14.4 Å². The predicted molar refractivity (Wildman–Crippen MR) is 122 cm³/mol. The minimum Gasteiger partial charge on any atom is -0.493 e. The molecule has 1 aromatic carbocycles. The molecule has 0 amide bonds. The van der Waals surface area contributed by atoms with Gasteiger partial charge in [-0.05, 0) is 52.7 Å². The predicted octanol–water partition coefficient (Wildman–Crippen LogP) is 3.85. The number of ether oxygens (including phenoxy) is 1. The highest BCUT2D eigenvalue weighted by Gasteiger charge is 2.44. The summed E-state index contributed by atoms with van der Waals surface area (Å²) in [6, 6.07) is 10.4. The quantitative estimate of drug-likeness (QED) is 0.404. The number of pyridine rings is 2. The lowest BCUT2D eigenvalue weighted by Gasteiger charge is -2.17. The standard InChI is InChI=1S/C22H21BrFN5O2/c23-15-7-11-1-2-13(9-17(11)28-21(15)26)31-10-12-8-18(19(24)20(12)30)29-6-4-14-16(25)3-5-27-22(14)29/h1-7,9,12,18-20,30H,8,10H2,(H2,25,27)(H2,26,28)/t12-,18-,19+,20-/m1/s1. The first kappa shape index (κ1) is 20.0. The SMILES string of the molecule is Nc1nc2cc(OC[C@H]3C[C@@H](n4ccc5c(N)ccnc54)[C@H](F)[C@@H]3O)ccc2cc1Br. The lowest BCUT2D eigenvalue weighted by Crippen LogP contribution is -2.28. The Morgan fingerprint density at radius 1 is 1.23 bits per heavy atom. The number of aliphatic hydroxyl groups excluding tert-OH is 1. The van der Waals surface area contributed by atoms with Gasteiger partial charge in [0.2, 0.25) is 0 Å². The molecular weight excluding hydrogens is 465 g/mol. The van der Waals surface area contributed by atoms with Gasteiger partial charge in [0.25, 0.3) is 0 Å². The first-order chi connectivity index (χ1) is 14.9. The molecular formula is C22H21BrFN5O2. The van der Waals surface area contributed by atoms with Crippen LogP contribution in [0.15, 0.2) is 53.3 Å². The van der Waals surface area contributed by atoms with Crippen molar-refractivity contribution in [1.82, 2.24) is 14.5 Å². The fourth-order valence-electron chi connectivity index (χ4n) is 4.28. The molecule has 9 heteroatoms. The fraction of sp³-hybridized carbons (Fsp3) is 0.273. The van der Waals surface area contributed by atoms with Crippen LogP contribution >= 0.6 is 15.9 Å². The van der Waals surface area contributed by atoms with Crippen molar-refractivity contribution in [2.75, 3.05) is 18.1 Å². The Bertz CT molecular complexity index is 1280. The van der Waals surface area contributed by atoms with E-state index < -0.39 is 18.3 Å². The molecule has 160 valence electrons. The van der Waals surface area contributed by atoms with Crippen LogP contribution in [0.4, 0.5) is 15.9 Å². The fourth-order valence-corrected chi connectivity index (χ4v) is 4.61. The van der Waals surface area contributed by atoms with Crippen molar-refractivity contribution >= 4 is 49.4 Å². The van der Waals surface area contributed by atoms with Crippen molar-refractivity contribution in [3.63, 3.8) is 0 Å². The Kier molecular flexibility index (Phi) is 4.94. The Morgan fingerprint density at radius 2 is 2.06 bits per heavy atom. The van der Waals surface area contributed by atoms with Crippen molar-refractivity contribution in [3.8, 4) is 5.75 Å². The van der Waals surface area contributed by atoms with Crippen LogP contribution in [0.2, 0.25) is 0 Å². The lowest BCUT2D eigenvalue weighted by atomic mass is 10.1. The maximum atomic E-state index is 15.0. The second-order valence-corrected chi connectivity index (χ2v) is 8.73. The number of hydrogen-bond donors (Lipinski definition) is 3. The molecule has 0 saturated heterocycles. The van der Waals surface area contributed by atoms with E-state index in [1.807, 2.05) is 24.3 Å². The summed E-state index contributed by atoms with van der Waals surface area (Å²) >= 11 is 3.37. The van der Waals surface area contributed by atoms with Gasteiger partial charge < -0.3 is 25.9 Å². The van der Waals surface area contributed by atoms with Gasteiger partial charge >= 0.3 is 0 Å². The molecule has 5 rings (SSSR count). The number of aromatic nitrogens is 3. The van der Waals surface area contributed by atoms with Gasteiger partial charge in [-0.3, -0.25) is 0 Å². The Morgan fingerprint density at radius 3 is 2.90 bits per heavy atom. The number of benzene rings is 1. The first-order valence-corrected chi connectivity index (χ1v) is 10.7. The number of rotatable bonds is 4. The van der Waals surface area contributed by atoms with Gasteiger partial charge in [0, 0.05) is 40.8 Å². The Hall–Kier alpha value is -2.91. The molecule has 7 nitrogen and oxygen atoms in total. The molecule has 0 bridgehead atoms. The lowest BCUT2D eigenvalue weighted by molar-refractivity contribution is 0.0441. The van der Waals surface area contributed by atoms with Gasteiger partial charge in [-0.2, -0.15) is 0 Å². The third-order valence-corrected chi connectivity index (χ3v) is 6.60. The molecule has 4 atom stereocenters. The number of alkyl halides is 1. The van der Waals surface area contributed by atoms with Crippen molar-refractivity contribution in [3.05, 3.63) is 53.3 Å². The second kappa shape index (κ2) is 7.65. The molecule has 1 aliphatic rings. The summed E-state index contributed by atoms with van der Waals surface area (Å²) in [6.07, 6.45) is 1.25. The van der Waals surface area contributed by atoms with Crippen LogP contribution in [0.5, 0.6) is 5.75 Å². The molecule has 5 N–H and O–H groups in total. The largest absolute Gasteiger partial charge is 0.493 e. The molecule has 3 aromatic heterocycles. The minimum absolute atomic E-state index is 0.185. The van der Waals surface area contributed by atoms with E-state index in [-0.39, 0.29) is 12.5 Å². The van der Waals surface area contributed by atoms with Crippen LogP contribution in [0, 0.1) is 5.92 Å². The van der Waals surface area contributed by atoms with Crippen molar-refractivity contribution in [1.29, 1.82) is 0 Å². The van der Waals surface area contributed by atoms with Crippen LogP contribution in [-0.4, -0.2) is 38.5 Å². The van der Waals surface area contributed by atoms with E-state index >= 15 is 4.39 Å². The van der Waals surface area contributed by atoms with E-state index in [4.69, 9.17) is 16.2 Å². The molecule has 0 unspecified atom stereocenters. The van der Waals surface area contributed by atoms with Crippen LogP contribution in [0.1, 0.15) is 12.5 Å². The zero-order valence-electron chi connectivity index (χ0n) is 16.5. The molecule has 0 spiro atoms. The van der Waals surface area contributed by atoms with E-state index in [0.717, 1.165) is 15.2 Å². The molecule has 0 radical (unpaired) electrons. The van der Waals surface area contributed by atoms with Gasteiger partial charge in [0.05, 0.1) is 28.7 Å². The van der Waals surface area contributed by atoms with E-state index in [9.17, 15) is 5.11 Å². The van der Waals surface area contributed by atoms with Crippen LogP contribution in [0.25, 0.3) is 21.9 Å². The number of halogens is 2. The van der Waals surface area contributed by atoms with Crippen molar-refractivity contribution < 1.29 is 14.2 Å². The third kappa shape index (κ3) is 3.47. The number of nitrogen functional groups attached to an aromatic ring is 2. The maximum Gasteiger partial charge on any atom is 0.147 e. The summed E-state index contributed by atoms with van der Waals surface area (Å²) in [7, 11) is 0. The van der Waals surface area contributed by atoms with Gasteiger partial charge in [-0.15, -0.1) is 0 Å². The molecule has 1 fully saturated rings. The number of aliphatic hydroxyl groups is 1. The number of hydrogen-bond acceptors (Lipinski definition) is 6. The normalized spacial score (nSPS) is 23.6. The molecule has 31 heavy (non-hydrogen) atoms. The van der Waals surface area contributed by atoms with E-state index in [1.165, 1.54) is 0 Å². The van der Waals surface area contributed by atoms with Crippen LogP contribution in [0.3, 0.4) is 0 Å². The van der Waals surface area contributed by atoms with Gasteiger partial charge in [0.15, 0.2) is 0 Å². The summed E-state index contributed by atoms with van der Waals surface area (Å²) in [4.78, 5) is 8.70. The summed E-state index contributed by atoms with van der Waals surface area (Å²) in [5.41, 5.74) is 13.8. The Balaban J connectivity index is 1.34. The van der Waals surface area contributed by atoms with Crippen LogP contribution in [-0.2, 0) is 0 Å². The highest BCUT2D eigenvalue weighted by molar-refractivity contribution is 9.10. The molecule has 0 aliphatic heterocycles. The second-order valence-electron chi connectivity index (χ2n) is 7.88. The summed E-state index contributed by atoms with van der Waals surface area (Å²) in [5.74, 6) is 0.623. The minimum atomic E-state index is -1.43. The van der Waals surface area contributed by atoms with Gasteiger partial charge in [0.1, 0.15) is 23.4 Å². The molecule has 3 heterocycles. The number of nitrogens with two attached hydrogens (primary N) is 2. The van der Waals surface area contributed by atoms with Crippen molar-refractivity contribution in [2.24, 2.45) is 5.92 Å². The van der Waals surface area contributed by atoms with Crippen LogP contribution < -0.4 is 16.2 Å². The molecule has 1 saturated carbocycles. The average Bonchev–Trinajstić information content (AvgIpc) is 3.30. The zero-order chi connectivity index (χ0) is 21.7. The monoisotopic (exact) mass is 485 g/mol. The number of anilines is 2. The summed E-state index contributed by atoms with van der Waals surface area (Å²) in [5, 5.41) is 12.2.